The lowest BCUT2D eigenvalue weighted by molar-refractivity contribution is -0.132. The minimum Gasteiger partial charge on any atom is -0.478 e. The van der Waals surface area contributed by atoms with Gasteiger partial charge in [0, 0.05) is 24.1 Å². The summed E-state index contributed by atoms with van der Waals surface area (Å²) in [5, 5.41) is 8.38. The highest BCUT2D eigenvalue weighted by Gasteiger charge is 2.09. The second-order valence-corrected chi connectivity index (χ2v) is 4.17. The van der Waals surface area contributed by atoms with Gasteiger partial charge in [-0.2, -0.15) is 0 Å². The number of carboxylic acid groups (broad SMARTS) is 1. The van der Waals surface area contributed by atoms with Gasteiger partial charge < -0.3 is 10.0 Å². The Morgan fingerprint density at radius 3 is 2.75 bits per heavy atom. The van der Waals surface area contributed by atoms with Gasteiger partial charge in [0.25, 0.3) is 0 Å². The smallest absolute Gasteiger partial charge is 0.328 e. The van der Waals surface area contributed by atoms with Crippen LogP contribution in [-0.4, -0.2) is 33.9 Å². The van der Waals surface area contributed by atoms with Gasteiger partial charge in [0.05, 0.1) is 17.7 Å². The molecule has 5 nitrogen and oxygen atoms in total. The van der Waals surface area contributed by atoms with Gasteiger partial charge in [-0.1, -0.05) is 0 Å². The van der Waals surface area contributed by atoms with Crippen LogP contribution >= 0.6 is 11.3 Å². The monoisotopic (exact) mass is 240 g/mol. The fourth-order valence-electron chi connectivity index (χ4n) is 1.04. The molecule has 1 aromatic rings. The van der Waals surface area contributed by atoms with Crippen molar-refractivity contribution in [3.05, 3.63) is 28.2 Å². The molecule has 0 fully saturated rings. The molecule has 0 spiro atoms. The van der Waals surface area contributed by atoms with Gasteiger partial charge in [0.1, 0.15) is 0 Å². The Bertz CT molecular complexity index is 425. The molecule has 1 N–H and O–H groups in total. The maximum absolute atomic E-state index is 11.4. The van der Waals surface area contributed by atoms with E-state index >= 15 is 0 Å². The summed E-state index contributed by atoms with van der Waals surface area (Å²) in [6.07, 6.45) is 1.87. The van der Waals surface area contributed by atoms with Crippen LogP contribution in [0.15, 0.2) is 17.7 Å². The van der Waals surface area contributed by atoms with Crippen LogP contribution in [0, 0.1) is 6.92 Å². The summed E-state index contributed by atoms with van der Waals surface area (Å²) in [5.74, 6) is -1.47. The molecule has 0 unspecified atom stereocenters. The molecule has 0 saturated heterocycles. The highest BCUT2D eigenvalue weighted by atomic mass is 32.1. The molecule has 0 bridgehead atoms. The SMILES string of the molecule is Cc1ncsc1CN(C)C(=O)C=CC(=O)O. The van der Waals surface area contributed by atoms with Gasteiger partial charge in [-0.15, -0.1) is 11.3 Å². The molecule has 0 aromatic carbocycles. The number of carboxylic acids is 1. The van der Waals surface area contributed by atoms with Crippen molar-refractivity contribution in [1.82, 2.24) is 9.88 Å². The Hall–Kier alpha value is -1.69. The van der Waals surface area contributed by atoms with Crippen LogP contribution in [0.3, 0.4) is 0 Å². The van der Waals surface area contributed by atoms with Crippen LogP contribution < -0.4 is 0 Å². The third kappa shape index (κ3) is 3.47. The summed E-state index contributed by atoms with van der Waals surface area (Å²) in [7, 11) is 1.62. The highest BCUT2D eigenvalue weighted by molar-refractivity contribution is 7.09. The molecule has 0 radical (unpaired) electrons. The Balaban J connectivity index is 2.59. The Morgan fingerprint density at radius 1 is 1.56 bits per heavy atom. The van der Waals surface area contributed by atoms with Gasteiger partial charge in [-0.3, -0.25) is 4.79 Å². The normalized spacial score (nSPS) is 10.6. The molecule has 86 valence electrons. The second kappa shape index (κ2) is 5.41. The molecule has 6 heteroatoms. The number of aromatic nitrogens is 1. The summed E-state index contributed by atoms with van der Waals surface area (Å²) in [4.78, 5) is 28.2. The Labute approximate surface area is 97.0 Å². The molecule has 0 aliphatic rings. The first kappa shape index (κ1) is 12.4. The molecule has 0 aliphatic heterocycles. The number of hydrogen-bond acceptors (Lipinski definition) is 4. The van der Waals surface area contributed by atoms with Crippen molar-refractivity contribution in [2.75, 3.05) is 7.05 Å². The number of aryl methyl sites for hydroxylation is 1. The second-order valence-electron chi connectivity index (χ2n) is 3.23. The molecule has 1 heterocycles. The van der Waals surface area contributed by atoms with Gasteiger partial charge in [-0.05, 0) is 6.92 Å². The standard InChI is InChI=1S/C10H12N2O3S/c1-7-8(16-6-11-7)5-12(2)9(13)3-4-10(14)15/h3-4,6H,5H2,1-2H3,(H,14,15). The molecular weight excluding hydrogens is 228 g/mol. The molecule has 1 amide bonds. The zero-order valence-corrected chi connectivity index (χ0v) is 9.82. The third-order valence-corrected chi connectivity index (χ3v) is 2.89. The number of likely N-dealkylation sites (N-methyl/N-ethyl adjacent to an activating group) is 1. The predicted octanol–water partition coefficient (Wildman–Crippen LogP) is 1.05. The summed E-state index contributed by atoms with van der Waals surface area (Å²) in [5.41, 5.74) is 2.61. The van der Waals surface area contributed by atoms with Crippen molar-refractivity contribution >= 4 is 23.2 Å². The minimum atomic E-state index is -1.13. The number of aliphatic carboxylic acids is 1. The van der Waals surface area contributed by atoms with Crippen LogP contribution in [0.5, 0.6) is 0 Å². The maximum Gasteiger partial charge on any atom is 0.328 e. The van der Waals surface area contributed by atoms with E-state index in [2.05, 4.69) is 4.98 Å². The lowest BCUT2D eigenvalue weighted by Crippen LogP contribution is -2.24. The summed E-state index contributed by atoms with van der Waals surface area (Å²) < 4.78 is 0. The van der Waals surface area contributed by atoms with Crippen LogP contribution in [0.1, 0.15) is 10.6 Å². The first-order valence-electron chi connectivity index (χ1n) is 4.55. The number of carbonyl (C=O) groups excluding carboxylic acids is 1. The first-order valence-corrected chi connectivity index (χ1v) is 5.43. The van der Waals surface area contributed by atoms with Crippen molar-refractivity contribution in [2.24, 2.45) is 0 Å². The van der Waals surface area contributed by atoms with Gasteiger partial charge in [0.2, 0.25) is 5.91 Å². The van der Waals surface area contributed by atoms with Gasteiger partial charge >= 0.3 is 5.97 Å². The van der Waals surface area contributed by atoms with E-state index in [9.17, 15) is 9.59 Å². The van der Waals surface area contributed by atoms with Crippen LogP contribution in [0.25, 0.3) is 0 Å². The average molecular weight is 240 g/mol. The lowest BCUT2D eigenvalue weighted by Gasteiger charge is -2.13. The molecule has 1 aromatic heterocycles. The first-order chi connectivity index (χ1) is 7.50. The van der Waals surface area contributed by atoms with Crippen LogP contribution in [-0.2, 0) is 16.1 Å². The molecule has 16 heavy (non-hydrogen) atoms. The number of carbonyl (C=O) groups is 2. The Morgan fingerprint density at radius 2 is 2.25 bits per heavy atom. The van der Waals surface area contributed by atoms with E-state index in [1.165, 1.54) is 16.2 Å². The Kier molecular flexibility index (Phi) is 4.19. The summed E-state index contributed by atoms with van der Waals surface area (Å²) >= 11 is 1.47. The van der Waals surface area contributed by atoms with E-state index in [0.29, 0.717) is 6.54 Å². The van der Waals surface area contributed by atoms with Gasteiger partial charge in [-0.25, -0.2) is 9.78 Å². The molecule has 0 atom stereocenters. The zero-order chi connectivity index (χ0) is 12.1. The van der Waals surface area contributed by atoms with Crippen molar-refractivity contribution < 1.29 is 14.7 Å². The fourth-order valence-corrected chi connectivity index (χ4v) is 1.87. The quantitative estimate of drug-likeness (QED) is 0.799. The summed E-state index contributed by atoms with van der Waals surface area (Å²) in [6.45, 7) is 2.32. The lowest BCUT2D eigenvalue weighted by atomic mass is 10.3. The van der Waals surface area contributed by atoms with Crippen LogP contribution in [0.2, 0.25) is 0 Å². The fraction of sp³-hybridized carbons (Fsp3) is 0.300. The third-order valence-electron chi connectivity index (χ3n) is 1.97. The number of hydrogen-bond donors (Lipinski definition) is 1. The minimum absolute atomic E-state index is 0.338. The predicted molar refractivity (Wildman–Crippen MR) is 60.1 cm³/mol. The van der Waals surface area contributed by atoms with Crippen molar-refractivity contribution in [1.29, 1.82) is 0 Å². The largest absolute Gasteiger partial charge is 0.478 e. The van der Waals surface area contributed by atoms with Crippen molar-refractivity contribution in [2.45, 2.75) is 13.5 Å². The number of amides is 1. The highest BCUT2D eigenvalue weighted by Crippen LogP contribution is 2.14. The van der Waals surface area contributed by atoms with E-state index in [-0.39, 0.29) is 5.91 Å². The van der Waals surface area contributed by atoms with E-state index in [1.807, 2.05) is 6.92 Å². The topological polar surface area (TPSA) is 70.5 Å². The van der Waals surface area contributed by atoms with E-state index in [1.54, 1.807) is 12.6 Å². The molecule has 0 saturated carbocycles. The van der Waals surface area contributed by atoms with E-state index in [4.69, 9.17) is 5.11 Å². The van der Waals surface area contributed by atoms with Crippen LogP contribution in [0.4, 0.5) is 0 Å². The molecule has 0 aliphatic carbocycles. The number of nitrogens with zero attached hydrogens (tertiary/aromatic N) is 2. The van der Waals surface area contributed by atoms with E-state index in [0.717, 1.165) is 22.7 Å². The van der Waals surface area contributed by atoms with Crippen molar-refractivity contribution in [3.63, 3.8) is 0 Å². The van der Waals surface area contributed by atoms with Gasteiger partial charge in [0.15, 0.2) is 0 Å². The van der Waals surface area contributed by atoms with E-state index < -0.39 is 5.97 Å². The summed E-state index contributed by atoms with van der Waals surface area (Å²) in [6, 6.07) is 0. The molecule has 1 rings (SSSR count). The molecular formula is C10H12N2O3S. The average Bonchev–Trinajstić information content (AvgIpc) is 2.60. The number of rotatable bonds is 4. The zero-order valence-electron chi connectivity index (χ0n) is 9.01. The maximum atomic E-state index is 11.4. The van der Waals surface area contributed by atoms with Crippen molar-refractivity contribution in [3.8, 4) is 0 Å². The number of thiazole rings is 1.